The van der Waals surface area contributed by atoms with Crippen molar-refractivity contribution in [2.24, 2.45) is 0 Å². The molecule has 1 rings (SSSR count). The molecule has 1 N–H and O–H groups in total. The topological polar surface area (TPSA) is 89.3 Å². The lowest BCUT2D eigenvalue weighted by atomic mass is 10.4. The molecule has 6 nitrogen and oxygen atoms in total. The van der Waals surface area contributed by atoms with Crippen molar-refractivity contribution < 1.29 is 18.3 Å². The van der Waals surface area contributed by atoms with Crippen LogP contribution in [-0.4, -0.2) is 46.8 Å². The number of carbonyl (C=O) groups is 1. The van der Waals surface area contributed by atoms with Gasteiger partial charge in [0.05, 0.1) is 11.5 Å². The molecule has 0 saturated heterocycles. The van der Waals surface area contributed by atoms with Crippen molar-refractivity contribution in [1.82, 2.24) is 9.55 Å². The Morgan fingerprint density at radius 2 is 2.22 bits per heavy atom. The molecule has 0 spiro atoms. The van der Waals surface area contributed by atoms with E-state index >= 15 is 0 Å². The van der Waals surface area contributed by atoms with E-state index in [1.807, 2.05) is 6.92 Å². The molecular formula is C10H16N2O4S2. The first-order valence-corrected chi connectivity index (χ1v) is 8.45. The number of aromatic nitrogens is 2. The molecule has 0 aliphatic rings. The summed E-state index contributed by atoms with van der Waals surface area (Å²) < 4.78 is 24.1. The van der Waals surface area contributed by atoms with Crippen LogP contribution in [0.3, 0.4) is 0 Å². The van der Waals surface area contributed by atoms with E-state index in [1.54, 1.807) is 10.8 Å². The van der Waals surface area contributed by atoms with Crippen LogP contribution in [0.4, 0.5) is 0 Å². The second kappa shape index (κ2) is 6.24. The van der Waals surface area contributed by atoms with Crippen molar-refractivity contribution in [3.8, 4) is 0 Å². The van der Waals surface area contributed by atoms with Crippen molar-refractivity contribution in [3.63, 3.8) is 0 Å². The minimum Gasteiger partial charge on any atom is -0.481 e. The van der Waals surface area contributed by atoms with E-state index in [1.165, 1.54) is 6.26 Å². The molecule has 0 aliphatic heterocycles. The molecule has 0 aromatic carbocycles. The van der Waals surface area contributed by atoms with Gasteiger partial charge in [0, 0.05) is 24.7 Å². The summed E-state index contributed by atoms with van der Waals surface area (Å²) in [6.07, 6.45) is 3.57. The van der Waals surface area contributed by atoms with E-state index in [4.69, 9.17) is 5.11 Å². The lowest BCUT2D eigenvalue weighted by Gasteiger charge is -2.09. The van der Waals surface area contributed by atoms with Crippen LogP contribution in [0.1, 0.15) is 12.6 Å². The Labute approximate surface area is 110 Å². The Kier molecular flexibility index (Phi) is 5.21. The van der Waals surface area contributed by atoms with Crippen LogP contribution in [0.15, 0.2) is 11.4 Å². The number of aryl methyl sites for hydroxylation is 1. The van der Waals surface area contributed by atoms with Gasteiger partial charge >= 0.3 is 5.97 Å². The molecule has 18 heavy (non-hydrogen) atoms. The SMILES string of the molecule is CCc1cnc(SCC(=O)O)n1CCS(C)(=O)=O. The predicted octanol–water partition coefficient (Wildman–Crippen LogP) is 0.667. The largest absolute Gasteiger partial charge is 0.481 e. The van der Waals surface area contributed by atoms with Crippen molar-refractivity contribution >= 4 is 27.6 Å². The highest BCUT2D eigenvalue weighted by atomic mass is 32.2. The number of nitrogens with zero attached hydrogens (tertiary/aromatic N) is 2. The van der Waals surface area contributed by atoms with Crippen LogP contribution in [-0.2, 0) is 27.6 Å². The third-order valence-electron chi connectivity index (χ3n) is 2.27. The zero-order valence-corrected chi connectivity index (χ0v) is 11.9. The van der Waals surface area contributed by atoms with E-state index in [2.05, 4.69) is 4.98 Å². The third-order valence-corrected chi connectivity index (χ3v) is 4.17. The number of hydrogen-bond acceptors (Lipinski definition) is 5. The Balaban J connectivity index is 2.84. The van der Waals surface area contributed by atoms with Crippen LogP contribution in [0.5, 0.6) is 0 Å². The van der Waals surface area contributed by atoms with E-state index in [-0.39, 0.29) is 11.5 Å². The fourth-order valence-corrected chi connectivity index (χ4v) is 2.67. The van der Waals surface area contributed by atoms with Crippen LogP contribution in [0.2, 0.25) is 0 Å². The Bertz CT molecular complexity index is 522. The standard InChI is InChI=1S/C10H16N2O4S2/c1-3-8-6-11-10(17-7-9(13)14)12(8)4-5-18(2,15)16/h6H,3-5,7H2,1-2H3,(H,13,14). The highest BCUT2D eigenvalue weighted by Crippen LogP contribution is 2.19. The number of sulfone groups is 1. The zero-order valence-electron chi connectivity index (χ0n) is 10.3. The zero-order chi connectivity index (χ0) is 13.8. The van der Waals surface area contributed by atoms with Gasteiger partial charge in [-0.15, -0.1) is 0 Å². The maximum atomic E-state index is 11.2. The average Bonchev–Trinajstić information content (AvgIpc) is 2.64. The van der Waals surface area contributed by atoms with Gasteiger partial charge in [-0.3, -0.25) is 4.79 Å². The maximum Gasteiger partial charge on any atom is 0.313 e. The minimum atomic E-state index is -3.05. The first-order chi connectivity index (χ1) is 8.33. The van der Waals surface area contributed by atoms with Gasteiger partial charge in [-0.1, -0.05) is 18.7 Å². The monoisotopic (exact) mass is 292 g/mol. The van der Waals surface area contributed by atoms with Gasteiger partial charge in [0.15, 0.2) is 5.16 Å². The Hall–Kier alpha value is -1.02. The first kappa shape index (κ1) is 15.0. The summed E-state index contributed by atoms with van der Waals surface area (Å²) in [5.74, 6) is -0.980. The van der Waals surface area contributed by atoms with Crippen LogP contribution < -0.4 is 0 Å². The molecule has 0 amide bonds. The number of rotatable bonds is 7. The molecule has 0 saturated carbocycles. The lowest BCUT2D eigenvalue weighted by molar-refractivity contribution is -0.133. The summed E-state index contributed by atoms with van der Waals surface area (Å²) in [6.45, 7) is 2.25. The van der Waals surface area contributed by atoms with Crippen molar-refractivity contribution in [1.29, 1.82) is 0 Å². The lowest BCUT2D eigenvalue weighted by Crippen LogP contribution is -2.14. The fourth-order valence-electron chi connectivity index (χ4n) is 1.41. The summed E-state index contributed by atoms with van der Waals surface area (Å²) in [6, 6.07) is 0. The molecule has 1 aromatic rings. The third kappa shape index (κ3) is 4.69. The summed E-state index contributed by atoms with van der Waals surface area (Å²) in [5.41, 5.74) is 0.909. The summed E-state index contributed by atoms with van der Waals surface area (Å²) in [7, 11) is -3.05. The second-order valence-electron chi connectivity index (χ2n) is 3.85. The first-order valence-electron chi connectivity index (χ1n) is 5.40. The average molecular weight is 292 g/mol. The summed E-state index contributed by atoms with van der Waals surface area (Å²) >= 11 is 1.10. The highest BCUT2D eigenvalue weighted by molar-refractivity contribution is 7.99. The summed E-state index contributed by atoms with van der Waals surface area (Å²) in [4.78, 5) is 14.7. The molecule has 0 unspecified atom stereocenters. The van der Waals surface area contributed by atoms with E-state index in [0.29, 0.717) is 11.7 Å². The van der Waals surface area contributed by atoms with Gasteiger partial charge in [-0.2, -0.15) is 0 Å². The maximum absolute atomic E-state index is 11.2. The van der Waals surface area contributed by atoms with Crippen molar-refractivity contribution in [2.45, 2.75) is 25.0 Å². The number of imidazole rings is 1. The molecule has 0 atom stereocenters. The van der Waals surface area contributed by atoms with Crippen LogP contribution in [0.25, 0.3) is 0 Å². The van der Waals surface area contributed by atoms with E-state index in [9.17, 15) is 13.2 Å². The smallest absolute Gasteiger partial charge is 0.313 e. The molecule has 1 aromatic heterocycles. The quantitative estimate of drug-likeness (QED) is 0.743. The van der Waals surface area contributed by atoms with Crippen LogP contribution in [0, 0.1) is 0 Å². The molecule has 0 bridgehead atoms. The number of carboxylic acid groups (broad SMARTS) is 1. The molecular weight excluding hydrogens is 276 g/mol. The van der Waals surface area contributed by atoms with Gasteiger partial charge in [0.2, 0.25) is 0 Å². The molecule has 8 heteroatoms. The normalized spacial score (nSPS) is 11.7. The van der Waals surface area contributed by atoms with E-state index in [0.717, 1.165) is 23.9 Å². The van der Waals surface area contributed by atoms with Crippen molar-refractivity contribution in [2.75, 3.05) is 17.8 Å². The number of carboxylic acids is 1. The molecule has 0 aliphatic carbocycles. The van der Waals surface area contributed by atoms with E-state index < -0.39 is 15.8 Å². The second-order valence-corrected chi connectivity index (χ2v) is 7.05. The predicted molar refractivity (Wildman–Crippen MR) is 69.7 cm³/mol. The number of aliphatic carboxylic acids is 1. The minimum absolute atomic E-state index is 0.0248. The molecule has 0 fully saturated rings. The Morgan fingerprint density at radius 1 is 1.56 bits per heavy atom. The molecule has 1 heterocycles. The van der Waals surface area contributed by atoms with Gasteiger partial charge in [0.25, 0.3) is 0 Å². The number of thioether (sulfide) groups is 1. The van der Waals surface area contributed by atoms with Gasteiger partial charge < -0.3 is 9.67 Å². The van der Waals surface area contributed by atoms with Crippen LogP contribution >= 0.6 is 11.8 Å². The number of hydrogen-bond donors (Lipinski definition) is 1. The fraction of sp³-hybridized carbons (Fsp3) is 0.600. The molecule has 0 radical (unpaired) electrons. The Morgan fingerprint density at radius 3 is 2.72 bits per heavy atom. The van der Waals surface area contributed by atoms with Gasteiger partial charge in [-0.25, -0.2) is 13.4 Å². The highest BCUT2D eigenvalue weighted by Gasteiger charge is 2.13. The summed E-state index contributed by atoms with van der Waals surface area (Å²) in [5, 5.41) is 9.19. The van der Waals surface area contributed by atoms with Gasteiger partial charge in [-0.05, 0) is 6.42 Å². The van der Waals surface area contributed by atoms with Gasteiger partial charge in [0.1, 0.15) is 9.84 Å². The van der Waals surface area contributed by atoms with Crippen molar-refractivity contribution in [3.05, 3.63) is 11.9 Å². The molecule has 102 valence electrons.